The van der Waals surface area contributed by atoms with Crippen molar-refractivity contribution in [3.05, 3.63) is 29.8 Å². The van der Waals surface area contributed by atoms with Crippen LogP contribution >= 0.6 is 0 Å². The SMILES string of the molecule is CC1CNCC1N1c2ccccc2CCC1C. The second-order valence-electron chi connectivity index (χ2n) is 5.63. The topological polar surface area (TPSA) is 15.3 Å². The molecule has 0 saturated carbocycles. The number of benzene rings is 1. The molecule has 0 spiro atoms. The molecule has 3 unspecified atom stereocenters. The molecule has 1 saturated heterocycles. The number of nitrogens with zero attached hydrogens (tertiary/aromatic N) is 1. The fourth-order valence-electron chi connectivity index (χ4n) is 3.39. The third-order valence-electron chi connectivity index (χ3n) is 4.41. The van der Waals surface area contributed by atoms with Gasteiger partial charge in [-0.3, -0.25) is 0 Å². The van der Waals surface area contributed by atoms with Crippen molar-refractivity contribution in [2.75, 3.05) is 18.0 Å². The zero-order chi connectivity index (χ0) is 11.8. The average molecular weight is 230 g/mol. The summed E-state index contributed by atoms with van der Waals surface area (Å²) in [6.07, 6.45) is 2.53. The number of para-hydroxylation sites is 1. The summed E-state index contributed by atoms with van der Waals surface area (Å²) in [6.45, 7) is 7.05. The van der Waals surface area contributed by atoms with Gasteiger partial charge < -0.3 is 10.2 Å². The molecule has 1 N–H and O–H groups in total. The Kier molecular flexibility index (Phi) is 2.83. The van der Waals surface area contributed by atoms with Crippen LogP contribution in [-0.4, -0.2) is 25.2 Å². The molecule has 2 aliphatic rings. The molecule has 3 atom stereocenters. The fourth-order valence-corrected chi connectivity index (χ4v) is 3.39. The minimum atomic E-state index is 0.673. The van der Waals surface area contributed by atoms with Crippen molar-refractivity contribution in [1.82, 2.24) is 5.32 Å². The first-order valence-corrected chi connectivity index (χ1v) is 6.84. The van der Waals surface area contributed by atoms with Crippen LogP contribution < -0.4 is 10.2 Å². The van der Waals surface area contributed by atoms with Crippen LogP contribution in [0.3, 0.4) is 0 Å². The average Bonchev–Trinajstić information content (AvgIpc) is 2.75. The lowest BCUT2D eigenvalue weighted by Crippen LogP contribution is -2.48. The zero-order valence-corrected chi connectivity index (χ0v) is 10.8. The lowest BCUT2D eigenvalue weighted by atomic mass is 9.92. The van der Waals surface area contributed by atoms with E-state index in [1.807, 2.05) is 0 Å². The van der Waals surface area contributed by atoms with Crippen LogP contribution in [0, 0.1) is 5.92 Å². The maximum Gasteiger partial charge on any atom is 0.0455 e. The highest BCUT2D eigenvalue weighted by Crippen LogP contribution is 2.34. The van der Waals surface area contributed by atoms with Crippen molar-refractivity contribution in [2.45, 2.75) is 38.8 Å². The van der Waals surface area contributed by atoms with E-state index >= 15 is 0 Å². The summed E-state index contributed by atoms with van der Waals surface area (Å²) in [5, 5.41) is 3.53. The van der Waals surface area contributed by atoms with Crippen molar-refractivity contribution in [1.29, 1.82) is 0 Å². The molecule has 92 valence electrons. The van der Waals surface area contributed by atoms with Crippen LogP contribution in [0.25, 0.3) is 0 Å². The number of hydrogen-bond acceptors (Lipinski definition) is 2. The molecule has 1 fully saturated rings. The fraction of sp³-hybridized carbons (Fsp3) is 0.600. The lowest BCUT2D eigenvalue weighted by molar-refractivity contribution is 0.444. The van der Waals surface area contributed by atoms with Crippen molar-refractivity contribution in [3.63, 3.8) is 0 Å². The van der Waals surface area contributed by atoms with Gasteiger partial charge in [-0.15, -0.1) is 0 Å². The molecular formula is C15H22N2. The highest BCUT2D eigenvalue weighted by Gasteiger charge is 2.34. The summed E-state index contributed by atoms with van der Waals surface area (Å²) in [6, 6.07) is 10.3. The monoisotopic (exact) mass is 230 g/mol. The Labute approximate surface area is 104 Å². The number of fused-ring (bicyclic) bond motifs is 1. The van der Waals surface area contributed by atoms with E-state index in [0.29, 0.717) is 12.1 Å². The van der Waals surface area contributed by atoms with Crippen molar-refractivity contribution < 1.29 is 0 Å². The second-order valence-corrected chi connectivity index (χ2v) is 5.63. The van der Waals surface area contributed by atoms with Crippen molar-refractivity contribution >= 4 is 5.69 Å². The molecule has 0 bridgehead atoms. The number of anilines is 1. The van der Waals surface area contributed by atoms with Gasteiger partial charge in [0.1, 0.15) is 0 Å². The van der Waals surface area contributed by atoms with Gasteiger partial charge in [0.05, 0.1) is 0 Å². The van der Waals surface area contributed by atoms with Gasteiger partial charge in [0.15, 0.2) is 0 Å². The molecule has 0 aliphatic carbocycles. The van der Waals surface area contributed by atoms with Gasteiger partial charge in [0, 0.05) is 24.3 Å². The number of nitrogens with one attached hydrogen (secondary N) is 1. The Morgan fingerprint density at radius 3 is 2.76 bits per heavy atom. The maximum atomic E-state index is 3.53. The van der Waals surface area contributed by atoms with Gasteiger partial charge in [0.25, 0.3) is 0 Å². The third-order valence-corrected chi connectivity index (χ3v) is 4.41. The molecule has 2 heterocycles. The summed E-state index contributed by atoms with van der Waals surface area (Å²) in [4.78, 5) is 2.67. The molecule has 2 heteroatoms. The maximum absolute atomic E-state index is 3.53. The second kappa shape index (κ2) is 4.34. The molecular weight excluding hydrogens is 208 g/mol. The quantitative estimate of drug-likeness (QED) is 0.797. The molecule has 2 nitrogen and oxygen atoms in total. The summed E-state index contributed by atoms with van der Waals surface area (Å²) >= 11 is 0. The minimum absolute atomic E-state index is 0.673. The predicted molar refractivity (Wildman–Crippen MR) is 72.5 cm³/mol. The molecule has 3 rings (SSSR count). The third kappa shape index (κ3) is 1.85. The van der Waals surface area contributed by atoms with Crippen LogP contribution in [0.2, 0.25) is 0 Å². The van der Waals surface area contributed by atoms with E-state index < -0.39 is 0 Å². The van der Waals surface area contributed by atoms with Crippen LogP contribution in [-0.2, 0) is 6.42 Å². The Hall–Kier alpha value is -1.02. The Bertz CT molecular complexity index is 402. The van der Waals surface area contributed by atoms with E-state index in [-0.39, 0.29) is 0 Å². The van der Waals surface area contributed by atoms with Gasteiger partial charge in [-0.25, -0.2) is 0 Å². The first-order valence-electron chi connectivity index (χ1n) is 6.84. The van der Waals surface area contributed by atoms with E-state index in [2.05, 4.69) is 48.3 Å². The summed E-state index contributed by atoms with van der Waals surface area (Å²) in [7, 11) is 0. The first kappa shape index (κ1) is 11.1. The summed E-state index contributed by atoms with van der Waals surface area (Å²) in [5.41, 5.74) is 3.01. The zero-order valence-electron chi connectivity index (χ0n) is 10.8. The predicted octanol–water partition coefficient (Wildman–Crippen LogP) is 2.44. The molecule has 0 radical (unpaired) electrons. The molecule has 1 aromatic rings. The number of rotatable bonds is 1. The van der Waals surface area contributed by atoms with Gasteiger partial charge in [-0.05, 0) is 43.9 Å². The minimum Gasteiger partial charge on any atom is -0.364 e. The molecule has 1 aromatic carbocycles. The molecule has 0 amide bonds. The molecule has 2 aliphatic heterocycles. The smallest absolute Gasteiger partial charge is 0.0455 e. The first-order chi connectivity index (χ1) is 8.27. The molecule has 0 aromatic heterocycles. The standard InChI is InChI=1S/C15H22N2/c1-11-9-16-10-15(11)17-12(2)7-8-13-5-3-4-6-14(13)17/h3-6,11-12,15-16H,7-10H2,1-2H3. The van der Waals surface area contributed by atoms with Gasteiger partial charge >= 0.3 is 0 Å². The Morgan fingerprint density at radius 1 is 1.18 bits per heavy atom. The highest BCUT2D eigenvalue weighted by molar-refractivity contribution is 5.57. The van der Waals surface area contributed by atoms with E-state index in [1.165, 1.54) is 24.1 Å². The van der Waals surface area contributed by atoms with Crippen LogP contribution in [0.5, 0.6) is 0 Å². The van der Waals surface area contributed by atoms with Crippen LogP contribution in [0.1, 0.15) is 25.8 Å². The van der Waals surface area contributed by atoms with Gasteiger partial charge in [-0.1, -0.05) is 25.1 Å². The Morgan fingerprint density at radius 2 is 2.00 bits per heavy atom. The van der Waals surface area contributed by atoms with Crippen molar-refractivity contribution in [2.24, 2.45) is 5.92 Å². The normalized spacial score (nSPS) is 32.6. The van der Waals surface area contributed by atoms with Crippen molar-refractivity contribution in [3.8, 4) is 0 Å². The number of aryl methyl sites for hydroxylation is 1. The molecule has 17 heavy (non-hydrogen) atoms. The largest absolute Gasteiger partial charge is 0.364 e. The Balaban J connectivity index is 1.97. The van der Waals surface area contributed by atoms with E-state index in [1.54, 1.807) is 0 Å². The van der Waals surface area contributed by atoms with E-state index in [0.717, 1.165) is 19.0 Å². The van der Waals surface area contributed by atoms with Gasteiger partial charge in [0.2, 0.25) is 0 Å². The van der Waals surface area contributed by atoms with E-state index in [4.69, 9.17) is 0 Å². The van der Waals surface area contributed by atoms with Crippen LogP contribution in [0.4, 0.5) is 5.69 Å². The lowest BCUT2D eigenvalue weighted by Gasteiger charge is -2.42. The highest BCUT2D eigenvalue weighted by atomic mass is 15.2. The summed E-state index contributed by atoms with van der Waals surface area (Å²) < 4.78 is 0. The van der Waals surface area contributed by atoms with Crippen LogP contribution in [0.15, 0.2) is 24.3 Å². The van der Waals surface area contributed by atoms with Gasteiger partial charge in [-0.2, -0.15) is 0 Å². The van der Waals surface area contributed by atoms with E-state index in [9.17, 15) is 0 Å². The number of hydrogen-bond donors (Lipinski definition) is 1. The summed E-state index contributed by atoms with van der Waals surface area (Å²) in [5.74, 6) is 0.753.